The molecule has 6 nitrogen and oxygen atoms in total. The Bertz CT molecular complexity index is 669. The van der Waals surface area contributed by atoms with Crippen LogP contribution in [0.25, 0.3) is 0 Å². The van der Waals surface area contributed by atoms with Gasteiger partial charge in [-0.05, 0) is 45.4 Å². The lowest BCUT2D eigenvalue weighted by Crippen LogP contribution is -2.62. The Hall–Kier alpha value is -1.60. The molecule has 141 valence electrons. The van der Waals surface area contributed by atoms with Crippen LogP contribution in [0.2, 0.25) is 0 Å². The minimum absolute atomic E-state index is 0.181. The zero-order valence-electron chi connectivity index (χ0n) is 16.3. The molecule has 0 bridgehead atoms. The maximum atomic E-state index is 12.7. The van der Waals surface area contributed by atoms with Gasteiger partial charge in [-0.2, -0.15) is 0 Å². The van der Waals surface area contributed by atoms with Crippen LogP contribution in [0, 0.1) is 0 Å². The van der Waals surface area contributed by atoms with Crippen molar-refractivity contribution in [1.29, 1.82) is 0 Å². The molecular weight excluding hydrogens is 340 g/mol. The van der Waals surface area contributed by atoms with Gasteiger partial charge < -0.3 is 10.1 Å². The molecule has 0 fully saturated rings. The Morgan fingerprint density at radius 2 is 1.68 bits per heavy atom. The summed E-state index contributed by atoms with van der Waals surface area (Å²) in [6, 6.07) is 4.93. The van der Waals surface area contributed by atoms with Gasteiger partial charge in [0, 0.05) is 17.2 Å². The van der Waals surface area contributed by atoms with E-state index in [2.05, 4.69) is 10.0 Å². The fraction of sp³-hybridized carbons (Fsp3) is 0.611. The first kappa shape index (κ1) is 21.4. The van der Waals surface area contributed by atoms with Crippen LogP contribution in [-0.4, -0.2) is 34.6 Å². The highest BCUT2D eigenvalue weighted by Gasteiger charge is 2.42. The predicted molar refractivity (Wildman–Crippen MR) is 99.7 cm³/mol. The van der Waals surface area contributed by atoms with E-state index in [0.717, 1.165) is 5.56 Å². The van der Waals surface area contributed by atoms with Crippen molar-refractivity contribution in [2.45, 2.75) is 58.0 Å². The number of methoxy groups -OCH3 is 1. The molecule has 0 aliphatic rings. The number of hydrogen-bond acceptors (Lipinski definition) is 3. The Morgan fingerprint density at radius 3 is 2.16 bits per heavy atom. The van der Waals surface area contributed by atoms with Crippen molar-refractivity contribution in [2.24, 2.45) is 0 Å². The van der Waals surface area contributed by atoms with Gasteiger partial charge in [-0.15, -0.1) is 0 Å². The van der Waals surface area contributed by atoms with Crippen molar-refractivity contribution in [1.82, 2.24) is 10.0 Å². The number of carbonyl (C=O) groups excluding carboxylic acids is 1. The fourth-order valence-electron chi connectivity index (χ4n) is 2.42. The van der Waals surface area contributed by atoms with Gasteiger partial charge in [-0.1, -0.05) is 19.9 Å². The molecule has 0 saturated carbocycles. The number of carbonyl (C=O) groups is 1. The molecule has 0 aromatic heterocycles. The molecule has 0 aliphatic heterocycles. The fourth-order valence-corrected chi connectivity index (χ4v) is 3.23. The number of hydrogen-bond donors (Lipinski definition) is 2. The lowest BCUT2D eigenvalue weighted by Gasteiger charge is -2.44. The van der Waals surface area contributed by atoms with Crippen LogP contribution in [0.1, 0.15) is 47.1 Å². The summed E-state index contributed by atoms with van der Waals surface area (Å²) >= 11 is 0. The molecule has 1 rings (SSSR count). The number of rotatable bonds is 7. The van der Waals surface area contributed by atoms with E-state index in [4.69, 9.17) is 4.74 Å². The lowest BCUT2D eigenvalue weighted by molar-refractivity contribution is -0.128. The molecule has 1 atom stereocenters. The third-order valence-electron chi connectivity index (χ3n) is 4.84. The summed E-state index contributed by atoms with van der Waals surface area (Å²) in [6.45, 7) is 11.2. The molecule has 0 saturated heterocycles. The van der Waals surface area contributed by atoms with E-state index in [0.29, 0.717) is 0 Å². The third-order valence-corrected chi connectivity index (χ3v) is 5.64. The summed E-state index contributed by atoms with van der Waals surface area (Å²) in [4.78, 5) is 12.7. The minimum Gasteiger partial charge on any atom is -0.493 e. The molecule has 0 aliphatic carbocycles. The van der Waals surface area contributed by atoms with Crippen molar-refractivity contribution in [3.8, 4) is 11.5 Å². The molecule has 7 heteroatoms. The maximum Gasteiger partial charge on any atom is 0.241 e. The molecule has 0 spiro atoms. The largest absolute Gasteiger partial charge is 0.493 e. The standard InChI is InChI=1S/C18H29N2O4S/c1-16(2,12-9-10-13(21)14(11-12)24-7)18(5,6)19-15(22)17(3,4)20-25(8)23/h9-11,20H,1-8H3,(H,19,22). The normalized spacial score (nSPS) is 14.1. The molecular formula is C18H29N2O4S. The predicted octanol–water partition coefficient (Wildman–Crippen LogP) is 2.67. The quantitative estimate of drug-likeness (QED) is 0.774. The van der Waals surface area contributed by atoms with E-state index in [1.807, 2.05) is 27.7 Å². The van der Waals surface area contributed by atoms with Crippen molar-refractivity contribution in [3.63, 3.8) is 0 Å². The van der Waals surface area contributed by atoms with Gasteiger partial charge in [0.25, 0.3) is 0 Å². The second-order valence-corrected chi connectivity index (χ2v) is 8.86. The van der Waals surface area contributed by atoms with Crippen LogP contribution in [-0.2, 0) is 26.3 Å². The summed E-state index contributed by atoms with van der Waals surface area (Å²) in [5.74, 6) is -0.163. The first-order valence-electron chi connectivity index (χ1n) is 8.04. The average Bonchev–Trinajstić information content (AvgIpc) is 2.45. The summed E-state index contributed by atoms with van der Waals surface area (Å²) in [5, 5.41) is 14.8. The van der Waals surface area contributed by atoms with Gasteiger partial charge in [0.15, 0.2) is 5.75 Å². The van der Waals surface area contributed by atoms with E-state index in [-0.39, 0.29) is 17.4 Å². The van der Waals surface area contributed by atoms with Gasteiger partial charge in [-0.3, -0.25) is 9.90 Å². The Balaban J connectivity index is 3.14. The van der Waals surface area contributed by atoms with Gasteiger partial charge in [0.05, 0.1) is 18.1 Å². The summed E-state index contributed by atoms with van der Waals surface area (Å²) in [5.41, 5.74) is -1.25. The topological polar surface area (TPSA) is 87.3 Å². The van der Waals surface area contributed by atoms with Crippen molar-refractivity contribution < 1.29 is 18.8 Å². The highest BCUT2D eigenvalue weighted by Crippen LogP contribution is 2.39. The number of benzene rings is 1. The summed E-state index contributed by atoms with van der Waals surface area (Å²) in [7, 11) is 0.148. The van der Waals surface area contributed by atoms with Gasteiger partial charge >= 0.3 is 0 Å². The molecule has 1 aromatic carbocycles. The van der Waals surface area contributed by atoms with E-state index < -0.39 is 27.5 Å². The second-order valence-electron chi connectivity index (χ2n) is 7.75. The smallest absolute Gasteiger partial charge is 0.241 e. The van der Waals surface area contributed by atoms with Crippen molar-refractivity contribution in [3.05, 3.63) is 23.8 Å². The molecule has 0 heterocycles. The van der Waals surface area contributed by atoms with E-state index >= 15 is 0 Å². The molecule has 2 N–H and O–H groups in total. The highest BCUT2D eigenvalue weighted by atomic mass is 32.2. The van der Waals surface area contributed by atoms with Gasteiger partial charge in [0.1, 0.15) is 5.54 Å². The lowest BCUT2D eigenvalue weighted by atomic mass is 9.69. The monoisotopic (exact) mass is 369 g/mol. The second kappa shape index (κ2) is 7.33. The zero-order valence-corrected chi connectivity index (χ0v) is 17.1. The molecule has 1 aromatic rings. The SMILES string of the molecule is COc1cc(C(C)(C)C(C)(C)NC(=O)C(C)(C)NS(C)=O)ccc1[O]. The van der Waals surface area contributed by atoms with Crippen LogP contribution in [0.5, 0.6) is 11.5 Å². The summed E-state index contributed by atoms with van der Waals surface area (Å²) < 4.78 is 19.3. The van der Waals surface area contributed by atoms with Crippen LogP contribution in [0.4, 0.5) is 0 Å². The Kier molecular flexibility index (Phi) is 6.29. The maximum absolute atomic E-state index is 12.7. The van der Waals surface area contributed by atoms with Crippen LogP contribution < -0.4 is 14.8 Å². The first-order chi connectivity index (χ1) is 11.2. The van der Waals surface area contributed by atoms with Crippen molar-refractivity contribution >= 4 is 16.9 Å². The van der Waals surface area contributed by atoms with Gasteiger partial charge in [0.2, 0.25) is 11.7 Å². The number of amides is 1. The van der Waals surface area contributed by atoms with E-state index in [9.17, 15) is 14.1 Å². The van der Waals surface area contributed by atoms with E-state index in [1.165, 1.54) is 19.4 Å². The molecule has 1 unspecified atom stereocenters. The Labute approximate surface area is 152 Å². The zero-order chi connectivity index (χ0) is 19.6. The number of nitrogens with one attached hydrogen (secondary N) is 2. The highest BCUT2D eigenvalue weighted by molar-refractivity contribution is 7.82. The van der Waals surface area contributed by atoms with Crippen molar-refractivity contribution in [2.75, 3.05) is 13.4 Å². The minimum atomic E-state index is -1.31. The summed E-state index contributed by atoms with van der Waals surface area (Å²) in [6.07, 6.45) is 1.49. The molecule has 1 amide bonds. The third kappa shape index (κ3) is 4.73. The first-order valence-corrected chi connectivity index (χ1v) is 9.60. The van der Waals surface area contributed by atoms with Crippen LogP contribution in [0.3, 0.4) is 0 Å². The van der Waals surface area contributed by atoms with Crippen LogP contribution in [0.15, 0.2) is 18.2 Å². The van der Waals surface area contributed by atoms with Gasteiger partial charge in [-0.25, -0.2) is 8.93 Å². The number of ether oxygens (including phenoxy) is 1. The van der Waals surface area contributed by atoms with Crippen LogP contribution >= 0.6 is 0 Å². The average molecular weight is 370 g/mol. The van der Waals surface area contributed by atoms with E-state index in [1.54, 1.807) is 26.0 Å². The molecule has 25 heavy (non-hydrogen) atoms. The molecule has 1 radical (unpaired) electrons. The Morgan fingerprint density at radius 1 is 1.12 bits per heavy atom.